The zero-order valence-corrected chi connectivity index (χ0v) is 16.9. The lowest BCUT2D eigenvalue weighted by atomic mass is 9.89. The zero-order valence-electron chi connectivity index (χ0n) is 16.9. The van der Waals surface area contributed by atoms with Crippen LogP contribution in [-0.4, -0.2) is 13.3 Å². The second-order valence-electron chi connectivity index (χ2n) is 7.98. The molecule has 0 radical (unpaired) electrons. The van der Waals surface area contributed by atoms with Gasteiger partial charge in [0.25, 0.3) is 0 Å². The average Bonchev–Trinajstić information content (AvgIpc) is 2.56. The highest BCUT2D eigenvalue weighted by Gasteiger charge is 2.08. The molecule has 0 bridgehead atoms. The van der Waals surface area contributed by atoms with Crippen molar-refractivity contribution >= 4 is 18.0 Å². The van der Waals surface area contributed by atoms with E-state index in [4.69, 9.17) is 0 Å². The summed E-state index contributed by atoms with van der Waals surface area (Å²) in [5.74, 6) is 0. The molecule has 25 heavy (non-hydrogen) atoms. The molecule has 0 spiro atoms. The van der Waals surface area contributed by atoms with Gasteiger partial charge in [0.05, 0.1) is 5.69 Å². The van der Waals surface area contributed by atoms with Crippen LogP contribution in [0.1, 0.15) is 70.4 Å². The maximum absolute atomic E-state index is 4.67. The Balaban J connectivity index is 2.41. The van der Waals surface area contributed by atoms with Crippen LogP contribution < -0.4 is 5.32 Å². The second kappa shape index (κ2) is 10.9. The van der Waals surface area contributed by atoms with Crippen LogP contribution in [0.2, 0.25) is 0 Å². The first-order chi connectivity index (χ1) is 11.8. The van der Waals surface area contributed by atoms with E-state index >= 15 is 0 Å². The normalized spacial score (nSPS) is 12.2. The number of benzene rings is 1. The summed E-state index contributed by atoms with van der Waals surface area (Å²) in [5.41, 5.74) is 4.79. The lowest BCUT2D eigenvalue weighted by molar-refractivity contribution is 0.357. The molecular formula is C23H36N2. The predicted molar refractivity (Wildman–Crippen MR) is 114 cm³/mol. The Bertz CT molecular complexity index is 589. The monoisotopic (exact) mass is 340 g/mol. The molecule has 0 heterocycles. The van der Waals surface area contributed by atoms with E-state index in [-0.39, 0.29) is 0 Å². The number of aliphatic imine (C=N–C) groups is 1. The maximum Gasteiger partial charge on any atom is 0.0660 e. The van der Waals surface area contributed by atoms with Crippen molar-refractivity contribution in [2.24, 2.45) is 10.4 Å². The molecule has 0 saturated heterocycles. The summed E-state index contributed by atoms with van der Waals surface area (Å²) in [6.45, 7) is 13.0. The minimum atomic E-state index is 0.470. The van der Waals surface area contributed by atoms with E-state index < -0.39 is 0 Å². The van der Waals surface area contributed by atoms with Crippen LogP contribution in [0, 0.1) is 12.3 Å². The van der Waals surface area contributed by atoms with Crippen LogP contribution in [0.15, 0.2) is 41.5 Å². The summed E-state index contributed by atoms with van der Waals surface area (Å²) in [5, 5.41) is 3.02. The van der Waals surface area contributed by atoms with Gasteiger partial charge in [-0.1, -0.05) is 64.8 Å². The molecule has 0 aliphatic heterocycles. The van der Waals surface area contributed by atoms with E-state index in [2.05, 4.69) is 75.1 Å². The van der Waals surface area contributed by atoms with Gasteiger partial charge in [-0.05, 0) is 54.9 Å². The summed E-state index contributed by atoms with van der Waals surface area (Å²) in [6.07, 6.45) is 13.7. The molecule has 0 saturated carbocycles. The van der Waals surface area contributed by atoms with Gasteiger partial charge in [0.1, 0.15) is 0 Å². The third-order valence-corrected chi connectivity index (χ3v) is 4.27. The van der Waals surface area contributed by atoms with Gasteiger partial charge < -0.3 is 5.32 Å². The molecule has 0 aromatic heterocycles. The number of allylic oxidation sites excluding steroid dienone is 1. The number of likely N-dealkylation sites (N-methyl/N-ethyl adjacent to an activating group) is 1. The molecular weight excluding hydrogens is 304 g/mol. The van der Waals surface area contributed by atoms with Crippen molar-refractivity contribution < 1.29 is 0 Å². The van der Waals surface area contributed by atoms with Crippen LogP contribution in [0.4, 0.5) is 5.69 Å². The topological polar surface area (TPSA) is 24.4 Å². The van der Waals surface area contributed by atoms with Gasteiger partial charge in [0.2, 0.25) is 0 Å². The summed E-state index contributed by atoms with van der Waals surface area (Å²) in [4.78, 5) is 4.67. The molecule has 138 valence electrons. The Kier molecular flexibility index (Phi) is 9.26. The fourth-order valence-electron chi connectivity index (χ4n) is 2.56. The van der Waals surface area contributed by atoms with Gasteiger partial charge in [-0.3, -0.25) is 4.99 Å². The number of hydrogen-bond acceptors (Lipinski definition) is 2. The summed E-state index contributed by atoms with van der Waals surface area (Å²) >= 11 is 0. The largest absolute Gasteiger partial charge is 0.389 e. The number of aryl methyl sites for hydroxylation is 1. The van der Waals surface area contributed by atoms with Crippen LogP contribution >= 0.6 is 0 Å². The Morgan fingerprint density at radius 3 is 2.56 bits per heavy atom. The lowest BCUT2D eigenvalue weighted by Gasteiger charge is -2.17. The van der Waals surface area contributed by atoms with Gasteiger partial charge >= 0.3 is 0 Å². The highest BCUT2D eigenvalue weighted by molar-refractivity contribution is 5.67. The molecule has 1 aromatic rings. The maximum atomic E-state index is 4.67. The van der Waals surface area contributed by atoms with E-state index in [0.29, 0.717) is 5.41 Å². The highest BCUT2D eigenvalue weighted by atomic mass is 14.8. The fourth-order valence-corrected chi connectivity index (χ4v) is 2.56. The van der Waals surface area contributed by atoms with Crippen LogP contribution in [0.3, 0.4) is 0 Å². The molecule has 0 unspecified atom stereocenters. The fraction of sp³-hybridized carbons (Fsp3) is 0.522. The predicted octanol–water partition coefficient (Wildman–Crippen LogP) is 6.83. The van der Waals surface area contributed by atoms with Crippen LogP contribution in [0.25, 0.3) is 6.08 Å². The molecule has 2 heteroatoms. The minimum absolute atomic E-state index is 0.470. The number of nitrogens with one attached hydrogen (secondary N) is 1. The number of hydrogen-bond donors (Lipinski definition) is 1. The van der Waals surface area contributed by atoms with Gasteiger partial charge in [0.15, 0.2) is 0 Å². The van der Waals surface area contributed by atoms with Crippen molar-refractivity contribution in [1.82, 2.24) is 5.32 Å². The molecule has 1 aromatic carbocycles. The summed E-state index contributed by atoms with van der Waals surface area (Å²) in [6, 6.07) is 6.37. The van der Waals surface area contributed by atoms with Crippen molar-refractivity contribution in [3.8, 4) is 0 Å². The second-order valence-corrected chi connectivity index (χ2v) is 7.98. The number of nitrogens with zero attached hydrogens (tertiary/aromatic N) is 1. The third kappa shape index (κ3) is 9.91. The van der Waals surface area contributed by atoms with E-state index in [9.17, 15) is 0 Å². The first kappa shape index (κ1) is 21.2. The van der Waals surface area contributed by atoms with E-state index in [1.807, 2.05) is 13.1 Å². The zero-order chi connectivity index (χ0) is 18.7. The molecule has 0 amide bonds. The third-order valence-electron chi connectivity index (χ3n) is 4.27. The minimum Gasteiger partial charge on any atom is -0.389 e. The van der Waals surface area contributed by atoms with Crippen LogP contribution in [-0.2, 0) is 0 Å². The van der Waals surface area contributed by atoms with Crippen molar-refractivity contribution in [3.05, 3.63) is 47.7 Å². The molecule has 1 N–H and O–H groups in total. The Morgan fingerprint density at radius 2 is 1.88 bits per heavy atom. The Labute approximate surface area is 155 Å². The van der Waals surface area contributed by atoms with E-state index in [0.717, 1.165) is 23.4 Å². The van der Waals surface area contributed by atoms with Crippen molar-refractivity contribution in [2.45, 2.75) is 66.2 Å². The molecule has 0 aliphatic carbocycles. The first-order valence-corrected chi connectivity index (χ1v) is 9.50. The van der Waals surface area contributed by atoms with Crippen LogP contribution in [0.5, 0.6) is 0 Å². The molecule has 0 aliphatic rings. The molecule has 0 fully saturated rings. The SMILES string of the molecule is C=C(/C=C/c1ccc(C)c(N=CCCCCCCC(C)(C)C)c1)NC. The van der Waals surface area contributed by atoms with Crippen molar-refractivity contribution in [1.29, 1.82) is 0 Å². The summed E-state index contributed by atoms with van der Waals surface area (Å²) < 4.78 is 0. The smallest absolute Gasteiger partial charge is 0.0660 e. The molecule has 1 rings (SSSR count). The highest BCUT2D eigenvalue weighted by Crippen LogP contribution is 2.23. The van der Waals surface area contributed by atoms with Gasteiger partial charge in [-0.2, -0.15) is 0 Å². The van der Waals surface area contributed by atoms with Gasteiger partial charge in [-0.15, -0.1) is 0 Å². The number of unbranched alkanes of at least 4 members (excludes halogenated alkanes) is 4. The Morgan fingerprint density at radius 1 is 1.16 bits per heavy atom. The van der Waals surface area contributed by atoms with Crippen molar-refractivity contribution in [3.63, 3.8) is 0 Å². The lowest BCUT2D eigenvalue weighted by Crippen LogP contribution is -2.03. The van der Waals surface area contributed by atoms with E-state index in [1.54, 1.807) is 0 Å². The first-order valence-electron chi connectivity index (χ1n) is 9.50. The standard InChI is InChI=1S/C23H36N2/c1-19-12-14-21(15-13-20(2)24-6)18-22(19)25-17-11-9-7-8-10-16-23(3,4)5/h12-15,17-18,24H,2,7-11,16H2,1,3-6H3/b15-13+,25-17?. The molecule has 0 atom stereocenters. The molecule has 2 nitrogen and oxygen atoms in total. The van der Waals surface area contributed by atoms with Crippen molar-refractivity contribution in [2.75, 3.05) is 7.05 Å². The van der Waals surface area contributed by atoms with Gasteiger partial charge in [-0.25, -0.2) is 0 Å². The van der Waals surface area contributed by atoms with E-state index in [1.165, 1.54) is 37.7 Å². The quantitative estimate of drug-likeness (QED) is 0.282. The summed E-state index contributed by atoms with van der Waals surface area (Å²) in [7, 11) is 1.88. The van der Waals surface area contributed by atoms with Gasteiger partial charge in [0, 0.05) is 19.0 Å². The number of rotatable bonds is 10. The Hall–Kier alpha value is -1.83. The average molecular weight is 341 g/mol.